The number of rotatable bonds is 5. The number of aromatic nitrogens is 2. The average molecular weight is 433 g/mol. The minimum absolute atomic E-state index is 0.340. The lowest BCUT2D eigenvalue weighted by atomic mass is 9.84. The first-order valence-corrected chi connectivity index (χ1v) is 10.9. The highest BCUT2D eigenvalue weighted by molar-refractivity contribution is 9.10. The molecule has 0 amide bonds. The number of nitrogens with one attached hydrogen (secondary N) is 2. The van der Waals surface area contributed by atoms with Crippen LogP contribution in [0.25, 0.3) is 10.2 Å². The molecule has 0 aromatic carbocycles. The van der Waals surface area contributed by atoms with Gasteiger partial charge in [-0.05, 0) is 49.5 Å². The summed E-state index contributed by atoms with van der Waals surface area (Å²) in [5.41, 5.74) is -0.486. The van der Waals surface area contributed by atoms with Gasteiger partial charge in [0.1, 0.15) is 21.7 Å². The Kier molecular flexibility index (Phi) is 4.65. The molecule has 0 atom stereocenters. The number of nitrogens with zero attached hydrogens (tertiary/aromatic N) is 2. The molecule has 0 unspecified atom stereocenters. The first-order valence-electron chi connectivity index (χ1n) is 7.79. The maximum Gasteiger partial charge on any atom is 0.219 e. The Morgan fingerprint density at radius 3 is 2.62 bits per heavy atom. The molecule has 2 aromatic heterocycles. The van der Waals surface area contributed by atoms with Crippen molar-refractivity contribution in [1.29, 1.82) is 0 Å². The maximum absolute atomic E-state index is 12.9. The topological polar surface area (TPSA) is 84.0 Å². The van der Waals surface area contributed by atoms with Gasteiger partial charge in [-0.1, -0.05) is 6.42 Å². The Hall–Kier alpha value is -0.770. The Bertz CT molecular complexity index is 854. The first kappa shape index (κ1) is 18.0. The summed E-state index contributed by atoms with van der Waals surface area (Å²) >= 11 is 5.03. The van der Waals surface area contributed by atoms with Gasteiger partial charge in [0.05, 0.1) is 5.39 Å². The van der Waals surface area contributed by atoms with Crippen molar-refractivity contribution in [3.8, 4) is 0 Å². The van der Waals surface area contributed by atoms with E-state index in [0.29, 0.717) is 25.2 Å². The summed E-state index contributed by atoms with van der Waals surface area (Å²) < 4.78 is 28.7. The van der Waals surface area contributed by atoms with Crippen LogP contribution in [0.1, 0.15) is 40.0 Å². The maximum atomic E-state index is 12.9. The van der Waals surface area contributed by atoms with E-state index >= 15 is 0 Å². The van der Waals surface area contributed by atoms with E-state index in [2.05, 4.69) is 35.9 Å². The number of hydrogen-bond donors (Lipinski definition) is 2. The van der Waals surface area contributed by atoms with Crippen LogP contribution in [0.5, 0.6) is 0 Å². The number of fused-ring (bicyclic) bond motifs is 1. The van der Waals surface area contributed by atoms with E-state index in [1.165, 1.54) is 17.7 Å². The predicted molar refractivity (Wildman–Crippen MR) is 102 cm³/mol. The van der Waals surface area contributed by atoms with Crippen molar-refractivity contribution < 1.29 is 8.42 Å². The zero-order valence-corrected chi connectivity index (χ0v) is 17.1. The number of sulfonamides is 1. The Balaban J connectivity index is 1.85. The van der Waals surface area contributed by atoms with Gasteiger partial charge in [-0.15, -0.1) is 11.3 Å². The molecule has 6 nitrogen and oxygen atoms in total. The van der Waals surface area contributed by atoms with Crippen LogP contribution >= 0.6 is 27.3 Å². The van der Waals surface area contributed by atoms with Crippen LogP contribution < -0.4 is 10.0 Å². The van der Waals surface area contributed by atoms with Gasteiger partial charge in [0.15, 0.2) is 0 Å². The number of anilines is 1. The van der Waals surface area contributed by atoms with Crippen molar-refractivity contribution >= 4 is 53.3 Å². The van der Waals surface area contributed by atoms with Crippen molar-refractivity contribution in [2.75, 3.05) is 11.9 Å². The quantitative estimate of drug-likeness (QED) is 0.754. The Morgan fingerprint density at radius 1 is 1.33 bits per heavy atom. The van der Waals surface area contributed by atoms with E-state index < -0.39 is 20.3 Å². The van der Waals surface area contributed by atoms with Crippen molar-refractivity contribution in [3.63, 3.8) is 0 Å². The molecule has 24 heavy (non-hydrogen) atoms. The standard InChI is InChI=1S/C15H21BrN4O2S2/c1-14(2,3)20-24(21,22)15(5-4-6-15)8-17-12-11-10(16)7-23-13(11)19-9-18-12/h7,9,20H,4-6,8H2,1-3H3,(H,17,18,19). The normalized spacial score (nSPS) is 17.7. The summed E-state index contributed by atoms with van der Waals surface area (Å²) in [6.07, 6.45) is 3.74. The van der Waals surface area contributed by atoms with Crippen LogP contribution in [0.3, 0.4) is 0 Å². The lowest BCUT2D eigenvalue weighted by molar-refractivity contribution is 0.339. The van der Waals surface area contributed by atoms with Crippen molar-refractivity contribution in [1.82, 2.24) is 14.7 Å². The van der Waals surface area contributed by atoms with E-state index in [1.54, 1.807) is 0 Å². The van der Waals surface area contributed by atoms with Gasteiger partial charge in [0.25, 0.3) is 0 Å². The van der Waals surface area contributed by atoms with Gasteiger partial charge in [-0.25, -0.2) is 23.1 Å². The predicted octanol–water partition coefficient (Wildman–Crippen LogP) is 3.51. The second kappa shape index (κ2) is 6.19. The van der Waals surface area contributed by atoms with Gasteiger partial charge in [-0.3, -0.25) is 0 Å². The molecule has 1 fully saturated rings. The van der Waals surface area contributed by atoms with Gasteiger partial charge in [0.2, 0.25) is 10.0 Å². The fourth-order valence-electron chi connectivity index (χ4n) is 2.84. The van der Waals surface area contributed by atoms with Gasteiger partial charge in [-0.2, -0.15) is 0 Å². The molecular weight excluding hydrogens is 412 g/mol. The fourth-order valence-corrected chi connectivity index (χ4v) is 6.51. The second-order valence-corrected chi connectivity index (χ2v) is 11.0. The van der Waals surface area contributed by atoms with Crippen LogP contribution in [-0.4, -0.2) is 35.2 Å². The molecule has 0 aliphatic heterocycles. The third kappa shape index (κ3) is 3.31. The Labute approximate surface area is 154 Å². The lowest BCUT2D eigenvalue weighted by Gasteiger charge is -2.42. The molecule has 0 bridgehead atoms. The van der Waals surface area contributed by atoms with Crippen molar-refractivity contribution in [2.24, 2.45) is 0 Å². The fraction of sp³-hybridized carbons (Fsp3) is 0.600. The highest BCUT2D eigenvalue weighted by Crippen LogP contribution is 2.40. The minimum atomic E-state index is -3.43. The summed E-state index contributed by atoms with van der Waals surface area (Å²) in [5, 5.41) is 6.12. The molecule has 1 saturated carbocycles. The van der Waals surface area contributed by atoms with E-state index in [1.807, 2.05) is 26.2 Å². The highest BCUT2D eigenvalue weighted by atomic mass is 79.9. The molecule has 9 heteroatoms. The molecule has 1 aliphatic rings. The minimum Gasteiger partial charge on any atom is -0.368 e. The van der Waals surface area contributed by atoms with Gasteiger partial charge >= 0.3 is 0 Å². The molecule has 3 rings (SSSR count). The third-order valence-corrected chi connectivity index (χ3v) is 8.57. The van der Waals surface area contributed by atoms with Crippen molar-refractivity contribution in [2.45, 2.75) is 50.3 Å². The molecular formula is C15H21BrN4O2S2. The van der Waals surface area contributed by atoms with Crippen LogP contribution in [0, 0.1) is 0 Å². The molecule has 2 heterocycles. The first-order chi connectivity index (χ1) is 11.1. The van der Waals surface area contributed by atoms with Gasteiger partial charge < -0.3 is 5.32 Å². The zero-order valence-electron chi connectivity index (χ0n) is 13.9. The number of thiophene rings is 1. The van der Waals surface area contributed by atoms with Crippen LogP contribution in [-0.2, 0) is 10.0 Å². The summed E-state index contributed by atoms with van der Waals surface area (Å²) in [7, 11) is -3.43. The zero-order chi connectivity index (χ0) is 17.6. The largest absolute Gasteiger partial charge is 0.368 e. The smallest absolute Gasteiger partial charge is 0.219 e. The SMILES string of the molecule is CC(C)(C)NS(=O)(=O)C1(CNc2ncnc3scc(Br)c23)CCC1. The van der Waals surface area contributed by atoms with E-state index in [4.69, 9.17) is 0 Å². The summed E-state index contributed by atoms with van der Waals surface area (Å²) in [6.45, 7) is 5.93. The van der Waals surface area contributed by atoms with E-state index in [9.17, 15) is 8.42 Å². The third-order valence-electron chi connectivity index (χ3n) is 4.18. The molecule has 132 valence electrons. The van der Waals surface area contributed by atoms with Crippen LogP contribution in [0.15, 0.2) is 16.2 Å². The molecule has 1 aliphatic carbocycles. The monoisotopic (exact) mass is 432 g/mol. The van der Waals surface area contributed by atoms with Crippen molar-refractivity contribution in [3.05, 3.63) is 16.2 Å². The summed E-state index contributed by atoms with van der Waals surface area (Å²) in [6, 6.07) is 0. The Morgan fingerprint density at radius 2 is 2.04 bits per heavy atom. The molecule has 2 N–H and O–H groups in total. The van der Waals surface area contributed by atoms with E-state index in [0.717, 1.165) is 21.1 Å². The van der Waals surface area contributed by atoms with Crippen LogP contribution in [0.4, 0.5) is 5.82 Å². The van der Waals surface area contributed by atoms with Gasteiger partial charge in [0, 0.05) is 21.9 Å². The highest BCUT2D eigenvalue weighted by Gasteiger charge is 2.49. The number of hydrogen-bond acceptors (Lipinski definition) is 6. The summed E-state index contributed by atoms with van der Waals surface area (Å²) in [4.78, 5) is 9.42. The number of halogens is 1. The second-order valence-electron chi connectivity index (χ2n) is 7.23. The molecule has 0 saturated heterocycles. The lowest BCUT2D eigenvalue weighted by Crippen LogP contribution is -2.58. The molecule has 2 aromatic rings. The van der Waals surface area contributed by atoms with E-state index in [-0.39, 0.29) is 0 Å². The molecule has 0 radical (unpaired) electrons. The van der Waals surface area contributed by atoms with Crippen LogP contribution in [0.2, 0.25) is 0 Å². The summed E-state index contributed by atoms with van der Waals surface area (Å²) in [5.74, 6) is 0.672. The molecule has 0 spiro atoms. The average Bonchev–Trinajstić information content (AvgIpc) is 2.77.